The number of aromatic nitrogens is 3. The first-order chi connectivity index (χ1) is 9.36. The van der Waals surface area contributed by atoms with Crippen molar-refractivity contribution >= 4 is 11.0 Å². The summed E-state index contributed by atoms with van der Waals surface area (Å²) in [5, 5.41) is 9.42. The Morgan fingerprint density at radius 2 is 2.11 bits per heavy atom. The van der Waals surface area contributed by atoms with Gasteiger partial charge in [-0.15, -0.1) is 0 Å². The van der Waals surface area contributed by atoms with E-state index in [1.54, 1.807) is 6.20 Å². The van der Waals surface area contributed by atoms with Gasteiger partial charge in [-0.1, -0.05) is 0 Å². The molecule has 0 saturated carbocycles. The van der Waals surface area contributed by atoms with E-state index in [4.69, 9.17) is 10.00 Å². The van der Waals surface area contributed by atoms with Crippen LogP contribution in [0.1, 0.15) is 0 Å². The molecule has 1 aromatic carbocycles. The van der Waals surface area contributed by atoms with Gasteiger partial charge in [0.1, 0.15) is 23.8 Å². The van der Waals surface area contributed by atoms with Gasteiger partial charge in [-0.3, -0.25) is 0 Å². The molecule has 0 aliphatic heterocycles. The van der Waals surface area contributed by atoms with Gasteiger partial charge in [-0.2, -0.15) is 5.26 Å². The average molecular weight is 250 g/mol. The molecule has 1 N–H and O–H groups in total. The Kier molecular flexibility index (Phi) is 2.83. The van der Waals surface area contributed by atoms with E-state index in [0.717, 1.165) is 22.3 Å². The van der Waals surface area contributed by atoms with E-state index in [1.165, 1.54) is 6.33 Å². The highest BCUT2D eigenvalue weighted by Gasteiger charge is 2.04. The van der Waals surface area contributed by atoms with Crippen molar-refractivity contribution in [2.45, 2.75) is 0 Å². The molecule has 92 valence electrons. The van der Waals surface area contributed by atoms with Crippen molar-refractivity contribution in [2.75, 3.05) is 6.61 Å². The third-order valence-corrected chi connectivity index (χ3v) is 2.76. The van der Waals surface area contributed by atoms with Crippen LogP contribution >= 0.6 is 0 Å². The largest absolute Gasteiger partial charge is 0.479 e. The lowest BCUT2D eigenvalue weighted by atomic mass is 10.1. The summed E-state index contributed by atoms with van der Waals surface area (Å²) >= 11 is 0. The standard InChI is InChI=1S/C14H10N4O/c15-5-6-19-12-3-1-10(2-4-12)13-7-11-8-16-9-17-14(11)18-13/h1-4,7-9H,6H2,(H,16,17,18). The first kappa shape index (κ1) is 11.2. The highest BCUT2D eigenvalue weighted by molar-refractivity contribution is 5.82. The summed E-state index contributed by atoms with van der Waals surface area (Å²) in [6.45, 7) is 0.0569. The third-order valence-electron chi connectivity index (χ3n) is 2.76. The van der Waals surface area contributed by atoms with Gasteiger partial charge in [0.05, 0.1) is 0 Å². The molecular formula is C14H10N4O. The van der Waals surface area contributed by atoms with Crippen LogP contribution in [0.3, 0.4) is 0 Å². The average Bonchev–Trinajstić information content (AvgIpc) is 2.89. The Hall–Kier alpha value is -2.87. The monoisotopic (exact) mass is 250 g/mol. The minimum Gasteiger partial charge on any atom is -0.479 e. The fraction of sp³-hybridized carbons (Fsp3) is 0.0714. The molecule has 0 saturated heterocycles. The van der Waals surface area contributed by atoms with Crippen LogP contribution in [-0.2, 0) is 0 Å². The number of hydrogen-bond acceptors (Lipinski definition) is 4. The highest BCUT2D eigenvalue weighted by atomic mass is 16.5. The summed E-state index contributed by atoms with van der Waals surface area (Å²) < 4.78 is 5.21. The topological polar surface area (TPSA) is 74.6 Å². The molecule has 5 heteroatoms. The van der Waals surface area contributed by atoms with Gasteiger partial charge >= 0.3 is 0 Å². The zero-order valence-corrected chi connectivity index (χ0v) is 10.00. The second-order valence-corrected chi connectivity index (χ2v) is 3.98. The molecule has 0 aliphatic carbocycles. The predicted molar refractivity (Wildman–Crippen MR) is 70.4 cm³/mol. The molecule has 0 atom stereocenters. The predicted octanol–water partition coefficient (Wildman–Crippen LogP) is 2.53. The molecule has 19 heavy (non-hydrogen) atoms. The van der Waals surface area contributed by atoms with E-state index in [1.807, 2.05) is 36.4 Å². The quantitative estimate of drug-likeness (QED) is 0.775. The van der Waals surface area contributed by atoms with Crippen LogP contribution in [0.5, 0.6) is 5.75 Å². The highest BCUT2D eigenvalue weighted by Crippen LogP contribution is 2.24. The number of rotatable bonds is 3. The molecule has 0 radical (unpaired) electrons. The van der Waals surface area contributed by atoms with E-state index >= 15 is 0 Å². The number of nitriles is 1. The molecule has 0 fully saturated rings. The summed E-state index contributed by atoms with van der Waals surface area (Å²) in [5.41, 5.74) is 2.82. The molecular weight excluding hydrogens is 240 g/mol. The van der Waals surface area contributed by atoms with Crippen LogP contribution in [0.25, 0.3) is 22.3 Å². The Labute approximate surface area is 109 Å². The number of ether oxygens (including phenoxy) is 1. The minimum absolute atomic E-state index is 0.0569. The van der Waals surface area contributed by atoms with E-state index in [-0.39, 0.29) is 6.61 Å². The number of H-pyrrole nitrogens is 1. The molecule has 0 unspecified atom stereocenters. The molecule has 2 heterocycles. The fourth-order valence-electron chi connectivity index (χ4n) is 1.87. The molecule has 2 aromatic heterocycles. The Morgan fingerprint density at radius 3 is 2.84 bits per heavy atom. The number of aromatic amines is 1. The Balaban J connectivity index is 1.91. The minimum atomic E-state index is 0.0569. The summed E-state index contributed by atoms with van der Waals surface area (Å²) in [6.07, 6.45) is 3.29. The third kappa shape index (κ3) is 2.24. The normalized spacial score (nSPS) is 10.3. The van der Waals surface area contributed by atoms with Gasteiger partial charge in [-0.25, -0.2) is 9.97 Å². The number of nitrogens with zero attached hydrogens (tertiary/aromatic N) is 3. The molecule has 0 amide bonds. The van der Waals surface area contributed by atoms with Crippen LogP contribution < -0.4 is 4.74 Å². The van der Waals surface area contributed by atoms with Crippen molar-refractivity contribution in [2.24, 2.45) is 0 Å². The maximum absolute atomic E-state index is 8.45. The van der Waals surface area contributed by atoms with E-state index in [0.29, 0.717) is 5.75 Å². The van der Waals surface area contributed by atoms with E-state index in [9.17, 15) is 0 Å². The van der Waals surface area contributed by atoms with Crippen molar-refractivity contribution in [3.05, 3.63) is 42.9 Å². The number of benzene rings is 1. The second-order valence-electron chi connectivity index (χ2n) is 3.98. The van der Waals surface area contributed by atoms with Gasteiger partial charge in [-0.05, 0) is 35.9 Å². The zero-order chi connectivity index (χ0) is 13.1. The van der Waals surface area contributed by atoms with Crippen LogP contribution in [-0.4, -0.2) is 21.6 Å². The summed E-state index contributed by atoms with van der Waals surface area (Å²) in [7, 11) is 0. The first-order valence-electron chi connectivity index (χ1n) is 5.76. The molecule has 0 spiro atoms. The van der Waals surface area contributed by atoms with Crippen molar-refractivity contribution in [3.63, 3.8) is 0 Å². The van der Waals surface area contributed by atoms with Gasteiger partial charge in [0.25, 0.3) is 0 Å². The maximum Gasteiger partial charge on any atom is 0.174 e. The fourth-order valence-corrected chi connectivity index (χ4v) is 1.87. The molecule has 3 aromatic rings. The van der Waals surface area contributed by atoms with Gasteiger partial charge in [0.15, 0.2) is 6.61 Å². The lowest BCUT2D eigenvalue weighted by Crippen LogP contribution is -1.92. The maximum atomic E-state index is 8.45. The van der Waals surface area contributed by atoms with Gasteiger partial charge < -0.3 is 9.72 Å². The van der Waals surface area contributed by atoms with Crippen molar-refractivity contribution in [3.8, 4) is 23.1 Å². The van der Waals surface area contributed by atoms with Crippen LogP contribution in [0.15, 0.2) is 42.9 Å². The second kappa shape index (κ2) is 4.78. The number of fused-ring (bicyclic) bond motifs is 1. The SMILES string of the molecule is N#CCOc1ccc(-c2cc3cncnc3[nH]2)cc1. The summed E-state index contributed by atoms with van der Waals surface area (Å²) in [6, 6.07) is 11.5. The van der Waals surface area contributed by atoms with Gasteiger partial charge in [0.2, 0.25) is 0 Å². The Morgan fingerprint density at radius 1 is 1.26 bits per heavy atom. The smallest absolute Gasteiger partial charge is 0.174 e. The van der Waals surface area contributed by atoms with E-state index in [2.05, 4.69) is 15.0 Å². The first-order valence-corrected chi connectivity index (χ1v) is 5.76. The van der Waals surface area contributed by atoms with Crippen molar-refractivity contribution < 1.29 is 4.74 Å². The lowest BCUT2D eigenvalue weighted by molar-refractivity contribution is 0.368. The van der Waals surface area contributed by atoms with Gasteiger partial charge in [0, 0.05) is 17.3 Å². The van der Waals surface area contributed by atoms with Crippen molar-refractivity contribution in [1.82, 2.24) is 15.0 Å². The summed E-state index contributed by atoms with van der Waals surface area (Å²) in [4.78, 5) is 11.4. The molecule has 0 aliphatic rings. The van der Waals surface area contributed by atoms with Crippen LogP contribution in [0, 0.1) is 11.3 Å². The Bertz CT molecular complexity index is 707. The van der Waals surface area contributed by atoms with Crippen LogP contribution in [0.2, 0.25) is 0 Å². The lowest BCUT2D eigenvalue weighted by Gasteiger charge is -2.02. The number of hydrogen-bond donors (Lipinski definition) is 1. The van der Waals surface area contributed by atoms with Crippen molar-refractivity contribution in [1.29, 1.82) is 5.26 Å². The zero-order valence-electron chi connectivity index (χ0n) is 10.00. The molecule has 3 rings (SSSR count). The van der Waals surface area contributed by atoms with E-state index < -0.39 is 0 Å². The van der Waals surface area contributed by atoms with Crippen LogP contribution in [0.4, 0.5) is 0 Å². The summed E-state index contributed by atoms with van der Waals surface area (Å²) in [5.74, 6) is 0.682. The molecule has 5 nitrogen and oxygen atoms in total. The number of nitrogens with one attached hydrogen (secondary N) is 1. The molecule has 0 bridgehead atoms.